The van der Waals surface area contributed by atoms with E-state index in [2.05, 4.69) is 6.08 Å². The third-order valence-electron chi connectivity index (χ3n) is 12.4. The molecule has 1 aromatic heterocycles. The van der Waals surface area contributed by atoms with Crippen molar-refractivity contribution in [2.24, 2.45) is 5.41 Å². The maximum atomic E-state index is 14.6. The molecule has 0 radical (unpaired) electrons. The first-order chi connectivity index (χ1) is 28.0. The van der Waals surface area contributed by atoms with E-state index in [1.165, 1.54) is 12.1 Å². The van der Waals surface area contributed by atoms with Gasteiger partial charge in [0.2, 0.25) is 5.78 Å². The molecule has 0 aliphatic heterocycles. The molecule has 1 saturated carbocycles. The van der Waals surface area contributed by atoms with Gasteiger partial charge in [0.1, 0.15) is 17.3 Å². The third-order valence-corrected chi connectivity index (χ3v) is 12.7. The van der Waals surface area contributed by atoms with Gasteiger partial charge in [-0.1, -0.05) is 48.4 Å². The molecule has 0 amide bonds. The summed E-state index contributed by atoms with van der Waals surface area (Å²) in [5.41, 5.74) is 0.532. The van der Waals surface area contributed by atoms with Crippen molar-refractivity contribution < 1.29 is 52.3 Å². The van der Waals surface area contributed by atoms with Gasteiger partial charge in [0.05, 0.1) is 49.2 Å². The third kappa shape index (κ3) is 9.74. The number of methoxy groups -OCH3 is 2. The number of ether oxygens (including phenoxy) is 2. The highest BCUT2D eigenvalue weighted by Gasteiger charge is 2.57. The summed E-state index contributed by atoms with van der Waals surface area (Å²) in [5.74, 6) is 0.232. The first-order valence-electron chi connectivity index (χ1n) is 19.9. The summed E-state index contributed by atoms with van der Waals surface area (Å²) in [6, 6.07) is 16.7. The van der Waals surface area contributed by atoms with Crippen LogP contribution in [-0.2, 0) is 19.1 Å². The summed E-state index contributed by atoms with van der Waals surface area (Å²) in [6.45, 7) is 4.07. The Balaban J connectivity index is 1.42. The highest BCUT2D eigenvalue weighted by atomic mass is 35.5. The number of ketones is 1. The lowest BCUT2D eigenvalue weighted by molar-refractivity contribution is -0.137. The summed E-state index contributed by atoms with van der Waals surface area (Å²) >= 11 is 6.33. The molecule has 1 fully saturated rings. The van der Waals surface area contributed by atoms with Crippen molar-refractivity contribution >= 4 is 17.4 Å². The predicted octanol–water partition coefficient (Wildman–Crippen LogP) is 8.76. The highest BCUT2D eigenvalue weighted by Crippen LogP contribution is 2.59. The number of hydrogen-bond donors (Lipinski definition) is 4. The molecule has 0 saturated heterocycles. The molecular weight excluding hydrogens is 787 g/mol. The zero-order valence-corrected chi connectivity index (χ0v) is 34.6. The molecular formula is C46H53ClF3NO8. The minimum atomic E-state index is -4.62. The lowest BCUT2D eigenvalue weighted by atomic mass is 9.64. The van der Waals surface area contributed by atoms with Gasteiger partial charge in [-0.3, -0.25) is 9.69 Å². The van der Waals surface area contributed by atoms with E-state index in [4.69, 9.17) is 25.5 Å². The van der Waals surface area contributed by atoms with Gasteiger partial charge in [-0.25, -0.2) is 0 Å². The Morgan fingerprint density at radius 3 is 2.53 bits per heavy atom. The molecule has 3 aliphatic rings. The smallest absolute Gasteiger partial charge is 0.416 e. The summed E-state index contributed by atoms with van der Waals surface area (Å²) in [7, 11) is 3.12. The fourth-order valence-corrected chi connectivity index (χ4v) is 9.17. The van der Waals surface area contributed by atoms with Crippen LogP contribution in [0, 0.1) is 5.41 Å². The van der Waals surface area contributed by atoms with E-state index in [1.807, 2.05) is 43.0 Å². The monoisotopic (exact) mass is 839 g/mol. The Morgan fingerprint density at radius 2 is 1.81 bits per heavy atom. The average molecular weight is 840 g/mol. The molecule has 0 spiro atoms. The number of carbonyl (C=O) groups excluding carboxylic acids is 1. The topological polar surface area (TPSA) is 133 Å². The van der Waals surface area contributed by atoms with Gasteiger partial charge >= 0.3 is 6.18 Å². The van der Waals surface area contributed by atoms with E-state index in [9.17, 15) is 38.4 Å². The van der Waals surface area contributed by atoms with Crippen LogP contribution in [0.5, 0.6) is 11.5 Å². The van der Waals surface area contributed by atoms with Crippen LogP contribution < -0.4 is 9.47 Å². The molecule has 59 heavy (non-hydrogen) atoms. The van der Waals surface area contributed by atoms with Gasteiger partial charge < -0.3 is 34.3 Å². The number of nitrogens with zero attached hydrogens (tertiary/aromatic N) is 1. The van der Waals surface area contributed by atoms with Crippen molar-refractivity contribution in [3.63, 3.8) is 0 Å². The molecule has 3 aromatic carbocycles. The van der Waals surface area contributed by atoms with Gasteiger partial charge in [0.25, 0.3) is 0 Å². The number of allylic oxidation sites excluding steroid dienone is 2. The quantitative estimate of drug-likeness (QED) is 0.0817. The van der Waals surface area contributed by atoms with E-state index in [-0.39, 0.29) is 47.7 Å². The fraction of sp³-hybridized carbons (Fsp3) is 0.457. The predicted molar refractivity (Wildman–Crippen MR) is 219 cm³/mol. The van der Waals surface area contributed by atoms with Gasteiger partial charge in [0, 0.05) is 47.8 Å². The first kappa shape index (κ1) is 44.4. The average Bonchev–Trinajstić information content (AvgIpc) is 3.78. The molecule has 0 unspecified atom stereocenters. The van der Waals surface area contributed by atoms with E-state index in [0.29, 0.717) is 67.6 Å². The second-order valence-corrected chi connectivity index (χ2v) is 16.7. The zero-order chi connectivity index (χ0) is 42.7. The van der Waals surface area contributed by atoms with Crippen molar-refractivity contribution in [1.82, 2.24) is 4.90 Å². The highest BCUT2D eigenvalue weighted by molar-refractivity contribution is 6.33. The van der Waals surface area contributed by atoms with Gasteiger partial charge in [-0.2, -0.15) is 13.2 Å². The van der Waals surface area contributed by atoms with E-state index >= 15 is 0 Å². The maximum Gasteiger partial charge on any atom is 0.416 e. The number of alkyl halides is 3. The van der Waals surface area contributed by atoms with E-state index < -0.39 is 47.4 Å². The Morgan fingerprint density at radius 1 is 1.03 bits per heavy atom. The van der Waals surface area contributed by atoms with Crippen LogP contribution in [0.1, 0.15) is 96.7 Å². The van der Waals surface area contributed by atoms with E-state index in [0.717, 1.165) is 34.9 Å². The number of carbonyl (C=O) groups is 1. The van der Waals surface area contributed by atoms with Crippen LogP contribution >= 0.6 is 11.6 Å². The second kappa shape index (κ2) is 18.2. The SMILES string of the molecule is COc1ccc(CN(C[C@H](O)CO)C[C@]2(O)CC[C@H]3c4ccc(cc4C(=O)c4ccc(-c5cc(C(F)(F)F)ccc5Cl)o4)C[C@@H](O)CCC(C)=CCC[C@@]32C)c(OC)c1. The molecule has 4 N–H and O–H groups in total. The molecule has 2 bridgehead atoms. The van der Waals surface area contributed by atoms with Crippen molar-refractivity contribution in [2.75, 3.05) is 33.9 Å². The number of furan rings is 1. The fourth-order valence-electron chi connectivity index (χ4n) is 8.96. The first-order valence-corrected chi connectivity index (χ1v) is 20.3. The normalized spacial score (nSPS) is 23.1. The van der Waals surface area contributed by atoms with Crippen molar-refractivity contribution in [3.05, 3.63) is 117 Å². The van der Waals surface area contributed by atoms with Gasteiger partial charge in [-0.05, 0) is 111 Å². The van der Waals surface area contributed by atoms with Crippen LogP contribution in [-0.4, -0.2) is 82.8 Å². The Labute approximate surface area is 348 Å². The Bertz CT molecular complexity index is 2150. The minimum absolute atomic E-state index is 0.000559. The van der Waals surface area contributed by atoms with Gasteiger partial charge in [0.15, 0.2) is 5.76 Å². The lowest BCUT2D eigenvalue weighted by Gasteiger charge is -2.46. The zero-order valence-electron chi connectivity index (χ0n) is 33.8. The van der Waals surface area contributed by atoms with Crippen LogP contribution in [0.4, 0.5) is 13.2 Å². The molecule has 4 aromatic rings. The summed E-state index contributed by atoms with van der Waals surface area (Å²) in [4.78, 5) is 16.6. The molecule has 9 nitrogen and oxygen atoms in total. The maximum absolute atomic E-state index is 14.6. The number of halogens is 4. The number of aliphatic hydroxyl groups excluding tert-OH is 3. The van der Waals surface area contributed by atoms with Crippen LogP contribution in [0.15, 0.2) is 82.8 Å². The van der Waals surface area contributed by atoms with Crippen molar-refractivity contribution in [3.8, 4) is 22.8 Å². The lowest BCUT2D eigenvalue weighted by Crippen LogP contribution is -2.53. The van der Waals surface area contributed by atoms with Crippen molar-refractivity contribution in [1.29, 1.82) is 0 Å². The largest absolute Gasteiger partial charge is 0.497 e. The number of fused-ring (bicyclic) bond motifs is 8. The number of benzene rings is 3. The molecule has 13 heteroatoms. The Kier molecular flexibility index (Phi) is 13.7. The standard InChI is InChI=1S/C46H53ClF3NO8/c1-28-6-5-18-44(2)38(17-19-45(44,56)27-51(25-33(54)26-52)24-30-9-12-34(57-3)23-42(30)58-4)35-13-8-29(20-32(53)11-7-28)21-36(35)43(55)41-16-15-40(59-41)37-22-31(46(48,49)50)10-14-39(37)47/h6,8-10,12-16,21-23,32-33,38,52-54,56H,5,7,11,17-20,24-27H2,1-4H3/t32-,33-,38-,44-,45+/m0/s1. The second-order valence-electron chi connectivity index (χ2n) is 16.3. The number of aliphatic hydroxyl groups is 4. The molecule has 318 valence electrons. The summed E-state index contributed by atoms with van der Waals surface area (Å²) < 4.78 is 57.9. The van der Waals surface area contributed by atoms with Crippen LogP contribution in [0.2, 0.25) is 5.02 Å². The van der Waals surface area contributed by atoms with Crippen molar-refractivity contribution in [2.45, 2.75) is 95.2 Å². The minimum Gasteiger partial charge on any atom is -0.497 e. The molecule has 7 rings (SSSR count). The van der Waals surface area contributed by atoms with Crippen LogP contribution in [0.25, 0.3) is 11.3 Å². The molecule has 3 aliphatic carbocycles. The number of hydrogen-bond acceptors (Lipinski definition) is 9. The summed E-state index contributed by atoms with van der Waals surface area (Å²) in [6.07, 6.45) is -0.752. The van der Waals surface area contributed by atoms with Crippen LogP contribution in [0.3, 0.4) is 0 Å². The van der Waals surface area contributed by atoms with Gasteiger partial charge in [-0.15, -0.1) is 0 Å². The van der Waals surface area contributed by atoms with E-state index in [1.54, 1.807) is 26.4 Å². The Hall–Kier alpha value is -4.17. The number of rotatable bonds is 12. The molecule has 5 atom stereocenters. The summed E-state index contributed by atoms with van der Waals surface area (Å²) in [5, 5.41) is 44.7. The molecule has 1 heterocycles.